The molecule has 6 heteroatoms. The van der Waals surface area contributed by atoms with Crippen molar-refractivity contribution in [1.29, 1.82) is 0 Å². The topological polar surface area (TPSA) is 61.9 Å². The van der Waals surface area contributed by atoms with Gasteiger partial charge in [-0.15, -0.1) is 0 Å². The zero-order valence-corrected chi connectivity index (χ0v) is 18.5. The summed E-state index contributed by atoms with van der Waals surface area (Å²) in [4.78, 5) is 27.4. The number of hydrogen-bond acceptors (Lipinski definition) is 3. The van der Waals surface area contributed by atoms with Crippen LogP contribution in [0.4, 0.5) is 4.39 Å². The van der Waals surface area contributed by atoms with E-state index in [0.717, 1.165) is 59.5 Å². The maximum absolute atomic E-state index is 13.1. The van der Waals surface area contributed by atoms with Gasteiger partial charge in [-0.3, -0.25) is 9.78 Å². The second-order valence-electron chi connectivity index (χ2n) is 8.77. The molecule has 1 aliphatic rings. The molecule has 2 aromatic carbocycles. The van der Waals surface area contributed by atoms with Crippen LogP contribution in [-0.4, -0.2) is 38.8 Å². The molecular formula is C27H27FN4O. The lowest BCUT2D eigenvalue weighted by atomic mass is 9.93. The normalized spacial score (nSPS) is 16.3. The van der Waals surface area contributed by atoms with E-state index in [4.69, 9.17) is 4.98 Å². The minimum atomic E-state index is -0.221. The Morgan fingerprint density at radius 1 is 1.06 bits per heavy atom. The number of pyridine rings is 1. The Labute approximate surface area is 192 Å². The van der Waals surface area contributed by atoms with Crippen molar-refractivity contribution < 1.29 is 9.18 Å². The Kier molecular flexibility index (Phi) is 6.15. The minimum Gasteiger partial charge on any atom is -0.342 e. The summed E-state index contributed by atoms with van der Waals surface area (Å²) < 4.78 is 13.1. The van der Waals surface area contributed by atoms with E-state index in [1.165, 1.54) is 12.1 Å². The fourth-order valence-electron chi connectivity index (χ4n) is 4.57. The van der Waals surface area contributed by atoms with Gasteiger partial charge in [0.15, 0.2) is 0 Å². The molecule has 1 unspecified atom stereocenters. The van der Waals surface area contributed by atoms with Crippen molar-refractivity contribution in [3.8, 4) is 0 Å². The summed E-state index contributed by atoms with van der Waals surface area (Å²) in [6, 6.07) is 18.7. The van der Waals surface area contributed by atoms with Crippen LogP contribution in [0.2, 0.25) is 0 Å². The van der Waals surface area contributed by atoms with Crippen LogP contribution in [0.15, 0.2) is 66.9 Å². The molecule has 168 valence electrons. The Bertz CT molecular complexity index is 1200. The predicted molar refractivity (Wildman–Crippen MR) is 126 cm³/mol. The molecule has 1 saturated heterocycles. The molecule has 1 atom stereocenters. The van der Waals surface area contributed by atoms with E-state index in [9.17, 15) is 9.18 Å². The number of rotatable bonds is 6. The molecule has 2 aromatic heterocycles. The molecule has 0 aliphatic carbocycles. The number of carbonyl (C=O) groups is 1. The van der Waals surface area contributed by atoms with Crippen molar-refractivity contribution in [3.05, 3.63) is 95.3 Å². The van der Waals surface area contributed by atoms with Crippen LogP contribution in [0.3, 0.4) is 0 Å². The van der Waals surface area contributed by atoms with Gasteiger partial charge in [0, 0.05) is 43.7 Å². The third-order valence-electron chi connectivity index (χ3n) is 6.38. The Morgan fingerprint density at radius 2 is 1.88 bits per heavy atom. The predicted octanol–water partition coefficient (Wildman–Crippen LogP) is 5.03. The molecule has 4 aromatic rings. The number of H-pyrrole nitrogens is 1. The van der Waals surface area contributed by atoms with Gasteiger partial charge in [-0.2, -0.15) is 0 Å². The fraction of sp³-hybridized carbons (Fsp3) is 0.296. The lowest BCUT2D eigenvalue weighted by Gasteiger charge is -2.32. The van der Waals surface area contributed by atoms with Gasteiger partial charge in [-0.05, 0) is 60.7 Å². The number of imidazole rings is 1. The number of piperidine rings is 1. The Hall–Kier alpha value is -3.54. The van der Waals surface area contributed by atoms with Crippen molar-refractivity contribution in [2.24, 2.45) is 0 Å². The first-order chi connectivity index (χ1) is 16.1. The van der Waals surface area contributed by atoms with Crippen molar-refractivity contribution in [2.75, 3.05) is 13.1 Å². The van der Waals surface area contributed by atoms with Crippen LogP contribution < -0.4 is 0 Å². The number of hydrogen-bond donors (Lipinski definition) is 1. The summed E-state index contributed by atoms with van der Waals surface area (Å²) >= 11 is 0. The maximum Gasteiger partial charge on any atom is 0.223 e. The summed E-state index contributed by atoms with van der Waals surface area (Å²) in [7, 11) is 0. The van der Waals surface area contributed by atoms with E-state index in [0.29, 0.717) is 19.4 Å². The summed E-state index contributed by atoms with van der Waals surface area (Å²) in [5.41, 5.74) is 5.14. The monoisotopic (exact) mass is 442 g/mol. The van der Waals surface area contributed by atoms with E-state index in [2.05, 4.69) is 22.1 Å². The highest BCUT2D eigenvalue weighted by atomic mass is 19.1. The van der Waals surface area contributed by atoms with Crippen molar-refractivity contribution in [2.45, 2.75) is 38.0 Å². The number of nitrogens with one attached hydrogen (secondary N) is 1. The number of carbonyl (C=O) groups excluding carboxylic acids is 1. The molecule has 33 heavy (non-hydrogen) atoms. The second kappa shape index (κ2) is 9.53. The number of likely N-dealkylation sites (tertiary alicyclic amines) is 1. The number of halogens is 1. The van der Waals surface area contributed by atoms with E-state index >= 15 is 0 Å². The number of fused-ring (bicyclic) bond motifs is 1. The number of nitrogens with zero attached hydrogens (tertiary/aromatic N) is 3. The van der Waals surface area contributed by atoms with Gasteiger partial charge in [0.2, 0.25) is 5.91 Å². The SMILES string of the molecule is O=C(CCc1nc2ccccc2[nH]1)N1CCCC(c2ccc(Cc3ccc(F)cc3)cn2)C1. The third kappa shape index (κ3) is 5.11. The first-order valence-electron chi connectivity index (χ1n) is 11.5. The average Bonchev–Trinajstić information content (AvgIpc) is 3.28. The zero-order chi connectivity index (χ0) is 22.6. The lowest BCUT2D eigenvalue weighted by molar-refractivity contribution is -0.132. The molecule has 0 radical (unpaired) electrons. The highest BCUT2D eigenvalue weighted by Gasteiger charge is 2.25. The first-order valence-corrected chi connectivity index (χ1v) is 11.5. The van der Waals surface area contributed by atoms with E-state index in [-0.39, 0.29) is 17.6 Å². The summed E-state index contributed by atoms with van der Waals surface area (Å²) in [5, 5.41) is 0. The van der Waals surface area contributed by atoms with Crippen molar-refractivity contribution in [1.82, 2.24) is 19.9 Å². The Balaban J connectivity index is 1.17. The van der Waals surface area contributed by atoms with Gasteiger partial charge >= 0.3 is 0 Å². The number of aryl methyl sites for hydroxylation is 1. The molecule has 1 fully saturated rings. The number of aromatic amines is 1. The molecule has 5 nitrogen and oxygen atoms in total. The van der Waals surface area contributed by atoms with Gasteiger partial charge < -0.3 is 9.88 Å². The van der Waals surface area contributed by atoms with Gasteiger partial charge in [-0.1, -0.05) is 30.3 Å². The molecule has 1 aliphatic heterocycles. The maximum atomic E-state index is 13.1. The summed E-state index contributed by atoms with van der Waals surface area (Å²) in [6.07, 6.45) is 5.73. The first kappa shape index (κ1) is 21.3. The molecular weight excluding hydrogens is 415 g/mol. The van der Waals surface area contributed by atoms with Gasteiger partial charge in [-0.25, -0.2) is 9.37 Å². The highest BCUT2D eigenvalue weighted by Crippen LogP contribution is 2.26. The molecule has 0 bridgehead atoms. The molecule has 0 spiro atoms. The minimum absolute atomic E-state index is 0.174. The van der Waals surface area contributed by atoms with Gasteiger partial charge in [0.25, 0.3) is 0 Å². The largest absolute Gasteiger partial charge is 0.342 e. The number of aromatic nitrogens is 3. The van der Waals surface area contributed by atoms with Crippen LogP contribution in [-0.2, 0) is 17.6 Å². The standard InChI is InChI=1S/C27H27FN4O/c28-22-10-7-19(8-11-22)16-20-9-12-23(29-17-20)21-4-3-15-32(18-21)27(33)14-13-26-30-24-5-1-2-6-25(24)31-26/h1-2,5-12,17,21H,3-4,13-16,18H2,(H,30,31). The summed E-state index contributed by atoms with van der Waals surface area (Å²) in [6.45, 7) is 1.52. The molecule has 3 heterocycles. The molecule has 5 rings (SSSR count). The zero-order valence-electron chi connectivity index (χ0n) is 18.5. The summed E-state index contributed by atoms with van der Waals surface area (Å²) in [5.74, 6) is 1.07. The number of para-hydroxylation sites is 2. The molecule has 1 N–H and O–H groups in total. The smallest absolute Gasteiger partial charge is 0.223 e. The molecule has 1 amide bonds. The van der Waals surface area contributed by atoms with Crippen LogP contribution >= 0.6 is 0 Å². The van der Waals surface area contributed by atoms with Crippen LogP contribution in [0.5, 0.6) is 0 Å². The van der Waals surface area contributed by atoms with E-state index in [1.54, 1.807) is 12.1 Å². The highest BCUT2D eigenvalue weighted by molar-refractivity contribution is 5.77. The third-order valence-corrected chi connectivity index (χ3v) is 6.38. The van der Waals surface area contributed by atoms with E-state index in [1.807, 2.05) is 35.4 Å². The van der Waals surface area contributed by atoms with Gasteiger partial charge in [0.05, 0.1) is 11.0 Å². The average molecular weight is 443 g/mol. The lowest BCUT2D eigenvalue weighted by Crippen LogP contribution is -2.39. The second-order valence-corrected chi connectivity index (χ2v) is 8.77. The van der Waals surface area contributed by atoms with Gasteiger partial charge in [0.1, 0.15) is 11.6 Å². The number of amides is 1. The quantitative estimate of drug-likeness (QED) is 0.456. The fourth-order valence-corrected chi connectivity index (χ4v) is 4.57. The van der Waals surface area contributed by atoms with Crippen molar-refractivity contribution in [3.63, 3.8) is 0 Å². The van der Waals surface area contributed by atoms with E-state index < -0.39 is 0 Å². The van der Waals surface area contributed by atoms with Crippen LogP contribution in [0, 0.1) is 5.82 Å². The van der Waals surface area contributed by atoms with Crippen molar-refractivity contribution >= 4 is 16.9 Å². The molecule has 0 saturated carbocycles. The number of benzene rings is 2. The van der Waals surface area contributed by atoms with Crippen LogP contribution in [0.25, 0.3) is 11.0 Å². The Morgan fingerprint density at radius 3 is 2.67 bits per heavy atom. The van der Waals surface area contributed by atoms with Crippen LogP contribution in [0.1, 0.15) is 47.8 Å².